The highest BCUT2D eigenvalue weighted by atomic mass is 16.3. The number of nitrogens with one attached hydrogen (secondary N) is 1. The van der Waals surface area contributed by atoms with Crippen LogP contribution < -0.4 is 5.73 Å². The number of H-pyrrole nitrogens is 1. The third-order valence-corrected chi connectivity index (χ3v) is 2.11. The van der Waals surface area contributed by atoms with Gasteiger partial charge in [0.1, 0.15) is 23.9 Å². The van der Waals surface area contributed by atoms with Crippen molar-refractivity contribution < 1.29 is 4.42 Å². The van der Waals surface area contributed by atoms with E-state index >= 15 is 0 Å². The predicted molar refractivity (Wildman–Crippen MR) is 53.8 cm³/mol. The third kappa shape index (κ3) is 1.15. The zero-order valence-corrected chi connectivity index (χ0v) is 7.64. The van der Waals surface area contributed by atoms with Crippen molar-refractivity contribution in [3.63, 3.8) is 0 Å². The maximum Gasteiger partial charge on any atom is 0.183 e. The first kappa shape index (κ1) is 7.98. The van der Waals surface area contributed by atoms with Gasteiger partial charge < -0.3 is 15.1 Å². The van der Waals surface area contributed by atoms with Gasteiger partial charge in [0.2, 0.25) is 0 Å². The molecule has 0 aliphatic heterocycles. The van der Waals surface area contributed by atoms with Gasteiger partial charge in [-0.3, -0.25) is 0 Å². The molecule has 3 aromatic heterocycles. The van der Waals surface area contributed by atoms with E-state index in [2.05, 4.69) is 19.9 Å². The summed E-state index contributed by atoms with van der Waals surface area (Å²) in [5.74, 6) is 1.06. The molecule has 0 atom stereocenters. The number of aromatic nitrogens is 4. The minimum atomic E-state index is 0.391. The molecule has 0 aromatic carbocycles. The van der Waals surface area contributed by atoms with Crippen LogP contribution in [0.15, 0.2) is 29.3 Å². The molecule has 0 spiro atoms. The molecule has 0 aliphatic carbocycles. The van der Waals surface area contributed by atoms with Crippen molar-refractivity contribution in [1.29, 1.82) is 0 Å². The first-order valence-electron chi connectivity index (χ1n) is 4.33. The number of anilines is 1. The molecule has 0 saturated carbocycles. The molecule has 0 aliphatic rings. The lowest BCUT2D eigenvalue weighted by Gasteiger charge is -1.89. The molecule has 0 amide bonds. The van der Waals surface area contributed by atoms with Crippen molar-refractivity contribution in [2.24, 2.45) is 0 Å². The predicted octanol–water partition coefficient (Wildman–Crippen LogP) is 1.20. The minimum absolute atomic E-state index is 0.391. The maximum absolute atomic E-state index is 5.68. The number of fused-ring (bicyclic) bond motifs is 1. The van der Waals surface area contributed by atoms with Crippen LogP contribution in [0.5, 0.6) is 0 Å². The van der Waals surface area contributed by atoms with E-state index in [1.807, 2.05) is 0 Å². The first-order chi connectivity index (χ1) is 7.34. The van der Waals surface area contributed by atoms with E-state index in [1.54, 1.807) is 18.6 Å². The molecular formula is C9H7N5O. The van der Waals surface area contributed by atoms with Gasteiger partial charge in [0.05, 0.1) is 11.8 Å². The number of nitrogens with zero attached hydrogens (tertiary/aromatic N) is 3. The van der Waals surface area contributed by atoms with Crippen LogP contribution in [0, 0.1) is 0 Å². The molecule has 0 fully saturated rings. The molecule has 6 heteroatoms. The van der Waals surface area contributed by atoms with Crippen LogP contribution in [0.3, 0.4) is 0 Å². The molecule has 0 saturated heterocycles. The van der Waals surface area contributed by atoms with Gasteiger partial charge in [-0.1, -0.05) is 0 Å². The Labute approximate surface area is 84.2 Å². The Morgan fingerprint density at radius 1 is 1.33 bits per heavy atom. The van der Waals surface area contributed by atoms with Crippen LogP contribution in [0.2, 0.25) is 0 Å². The highest BCUT2D eigenvalue weighted by Crippen LogP contribution is 2.21. The quantitative estimate of drug-likeness (QED) is 0.616. The van der Waals surface area contributed by atoms with Crippen molar-refractivity contribution in [2.75, 3.05) is 5.73 Å². The Hall–Kier alpha value is -2.37. The van der Waals surface area contributed by atoms with E-state index < -0.39 is 0 Å². The number of rotatable bonds is 1. The van der Waals surface area contributed by atoms with Crippen molar-refractivity contribution in [3.05, 3.63) is 24.9 Å². The smallest absolute Gasteiger partial charge is 0.183 e. The number of nitrogens with two attached hydrogens (primary N) is 1. The molecule has 74 valence electrons. The number of hydrogen-bond donors (Lipinski definition) is 2. The summed E-state index contributed by atoms with van der Waals surface area (Å²) in [7, 11) is 0. The monoisotopic (exact) mass is 201 g/mol. The van der Waals surface area contributed by atoms with Crippen LogP contribution in [-0.4, -0.2) is 19.9 Å². The summed E-state index contributed by atoms with van der Waals surface area (Å²) in [4.78, 5) is 15.2. The Balaban J connectivity index is 2.27. The average molecular weight is 201 g/mol. The van der Waals surface area contributed by atoms with Crippen molar-refractivity contribution in [3.8, 4) is 11.4 Å². The van der Waals surface area contributed by atoms with E-state index in [4.69, 9.17) is 10.2 Å². The van der Waals surface area contributed by atoms with Crippen molar-refractivity contribution in [2.45, 2.75) is 0 Å². The van der Waals surface area contributed by atoms with Gasteiger partial charge in [0, 0.05) is 0 Å². The lowest BCUT2D eigenvalue weighted by molar-refractivity contribution is 0.568. The van der Waals surface area contributed by atoms with Gasteiger partial charge >= 0.3 is 0 Å². The van der Waals surface area contributed by atoms with Crippen LogP contribution >= 0.6 is 0 Å². The second-order valence-electron chi connectivity index (χ2n) is 3.05. The number of hydrogen-bond acceptors (Lipinski definition) is 5. The fraction of sp³-hybridized carbons (Fsp3) is 0. The van der Waals surface area contributed by atoms with Crippen molar-refractivity contribution >= 4 is 17.0 Å². The van der Waals surface area contributed by atoms with Gasteiger partial charge in [-0.15, -0.1) is 0 Å². The molecule has 3 N–H and O–H groups in total. The van der Waals surface area contributed by atoms with Gasteiger partial charge in [-0.25, -0.2) is 15.0 Å². The minimum Gasteiger partial charge on any atom is -0.472 e. The summed E-state index contributed by atoms with van der Waals surface area (Å²) in [6, 6.07) is 1.81. The summed E-state index contributed by atoms with van der Waals surface area (Å²) in [6.45, 7) is 0. The Bertz CT molecular complexity index is 598. The molecule has 6 nitrogen and oxygen atoms in total. The summed E-state index contributed by atoms with van der Waals surface area (Å²) in [6.07, 6.45) is 4.57. The largest absolute Gasteiger partial charge is 0.472 e. The van der Waals surface area contributed by atoms with Crippen LogP contribution in [0.1, 0.15) is 0 Å². The third-order valence-electron chi connectivity index (χ3n) is 2.11. The van der Waals surface area contributed by atoms with Crippen LogP contribution in [-0.2, 0) is 0 Å². The Kier molecular flexibility index (Phi) is 1.49. The van der Waals surface area contributed by atoms with E-state index in [0.29, 0.717) is 22.8 Å². The lowest BCUT2D eigenvalue weighted by Crippen LogP contribution is -1.91. The van der Waals surface area contributed by atoms with E-state index in [1.165, 1.54) is 6.33 Å². The van der Waals surface area contributed by atoms with E-state index in [0.717, 1.165) is 5.56 Å². The van der Waals surface area contributed by atoms with Crippen LogP contribution in [0.4, 0.5) is 5.82 Å². The summed E-state index contributed by atoms with van der Waals surface area (Å²) >= 11 is 0. The molecule has 0 bridgehead atoms. The van der Waals surface area contributed by atoms with Gasteiger partial charge in [0.25, 0.3) is 0 Å². The number of furan rings is 1. The maximum atomic E-state index is 5.68. The van der Waals surface area contributed by atoms with Crippen molar-refractivity contribution in [1.82, 2.24) is 19.9 Å². The summed E-state index contributed by atoms with van der Waals surface area (Å²) < 4.78 is 4.97. The molecule has 0 unspecified atom stereocenters. The number of nitrogen functional groups attached to an aromatic ring is 1. The van der Waals surface area contributed by atoms with Crippen LogP contribution in [0.25, 0.3) is 22.6 Å². The fourth-order valence-electron chi connectivity index (χ4n) is 1.38. The lowest BCUT2D eigenvalue weighted by atomic mass is 10.3. The molecular weight excluding hydrogens is 194 g/mol. The molecule has 3 heterocycles. The normalized spacial score (nSPS) is 10.9. The topological polar surface area (TPSA) is 93.6 Å². The highest BCUT2D eigenvalue weighted by molar-refractivity contribution is 5.83. The van der Waals surface area contributed by atoms with Gasteiger partial charge in [0.15, 0.2) is 11.5 Å². The SMILES string of the molecule is Nc1ncnc2nc(-c3ccoc3)[nH]c12. The highest BCUT2D eigenvalue weighted by Gasteiger charge is 2.09. The summed E-state index contributed by atoms with van der Waals surface area (Å²) in [5, 5.41) is 0. The van der Waals surface area contributed by atoms with Gasteiger partial charge in [-0.2, -0.15) is 0 Å². The molecule has 0 radical (unpaired) electrons. The molecule has 3 aromatic rings. The Morgan fingerprint density at radius 3 is 3.00 bits per heavy atom. The summed E-state index contributed by atoms with van der Waals surface area (Å²) in [5.41, 5.74) is 7.73. The number of aromatic amines is 1. The second kappa shape index (κ2) is 2.81. The fourth-order valence-corrected chi connectivity index (χ4v) is 1.38. The molecule has 15 heavy (non-hydrogen) atoms. The van der Waals surface area contributed by atoms with E-state index in [9.17, 15) is 0 Å². The van der Waals surface area contributed by atoms with E-state index in [-0.39, 0.29) is 0 Å². The first-order valence-corrected chi connectivity index (χ1v) is 4.33. The number of imidazole rings is 1. The zero-order valence-electron chi connectivity index (χ0n) is 7.64. The van der Waals surface area contributed by atoms with Gasteiger partial charge in [-0.05, 0) is 6.07 Å². The Morgan fingerprint density at radius 2 is 2.27 bits per heavy atom. The standard InChI is InChI=1S/C9H7N5O/c10-7-6-9(12-4-11-7)14-8(13-6)5-1-2-15-3-5/h1-4H,(H3,10,11,12,13,14). The average Bonchev–Trinajstić information content (AvgIpc) is 2.86. The second-order valence-corrected chi connectivity index (χ2v) is 3.05. The zero-order chi connectivity index (χ0) is 10.3. The molecule has 3 rings (SSSR count).